The van der Waals surface area contributed by atoms with E-state index in [0.29, 0.717) is 5.92 Å². The number of carbonyl (C=O) groups excluding carboxylic acids is 1. The SMILES string of the molecule is C=CC1CCN(C(=O)NC2CC(N(CC)CC(=O)O)C2)CC1. The normalized spacial score (nSPS) is 25.6. The molecular formula is C16H27N3O3. The molecule has 1 aliphatic heterocycles. The van der Waals surface area contributed by atoms with Crippen molar-refractivity contribution in [3.8, 4) is 0 Å². The molecule has 22 heavy (non-hydrogen) atoms. The van der Waals surface area contributed by atoms with E-state index in [2.05, 4.69) is 11.9 Å². The molecule has 0 aromatic heterocycles. The number of piperidine rings is 1. The molecule has 0 spiro atoms. The van der Waals surface area contributed by atoms with Crippen LogP contribution >= 0.6 is 0 Å². The highest BCUT2D eigenvalue weighted by Crippen LogP contribution is 2.26. The van der Waals surface area contributed by atoms with Gasteiger partial charge in [0.2, 0.25) is 0 Å². The predicted molar refractivity (Wildman–Crippen MR) is 84.7 cm³/mol. The molecular weight excluding hydrogens is 282 g/mol. The topological polar surface area (TPSA) is 72.9 Å². The summed E-state index contributed by atoms with van der Waals surface area (Å²) in [5.74, 6) is -0.259. The third-order valence-electron chi connectivity index (χ3n) is 4.86. The van der Waals surface area contributed by atoms with Gasteiger partial charge < -0.3 is 15.3 Å². The van der Waals surface area contributed by atoms with Crippen LogP contribution < -0.4 is 5.32 Å². The number of likely N-dealkylation sites (tertiary alicyclic amines) is 1. The van der Waals surface area contributed by atoms with Gasteiger partial charge in [0.15, 0.2) is 0 Å². The minimum Gasteiger partial charge on any atom is -0.480 e. The van der Waals surface area contributed by atoms with Gasteiger partial charge in [-0.15, -0.1) is 6.58 Å². The summed E-state index contributed by atoms with van der Waals surface area (Å²) < 4.78 is 0. The molecule has 0 aromatic rings. The third-order valence-corrected chi connectivity index (χ3v) is 4.86. The summed E-state index contributed by atoms with van der Waals surface area (Å²) in [7, 11) is 0. The Hall–Kier alpha value is -1.56. The molecule has 2 amide bonds. The Morgan fingerprint density at radius 3 is 2.50 bits per heavy atom. The second kappa shape index (κ2) is 7.63. The van der Waals surface area contributed by atoms with Gasteiger partial charge >= 0.3 is 12.0 Å². The van der Waals surface area contributed by atoms with Crippen molar-refractivity contribution >= 4 is 12.0 Å². The lowest BCUT2D eigenvalue weighted by Crippen LogP contribution is -2.57. The fraction of sp³-hybridized carbons (Fsp3) is 0.750. The molecule has 2 N–H and O–H groups in total. The van der Waals surface area contributed by atoms with Crippen LogP contribution in [0.3, 0.4) is 0 Å². The lowest BCUT2D eigenvalue weighted by atomic mass is 9.85. The summed E-state index contributed by atoms with van der Waals surface area (Å²) in [6.45, 7) is 8.17. The molecule has 0 bridgehead atoms. The van der Waals surface area contributed by atoms with Crippen LogP contribution in [0, 0.1) is 5.92 Å². The molecule has 6 nitrogen and oxygen atoms in total. The number of carboxylic acid groups (broad SMARTS) is 1. The monoisotopic (exact) mass is 309 g/mol. The average Bonchev–Trinajstić information content (AvgIpc) is 2.48. The van der Waals surface area contributed by atoms with Crippen LogP contribution in [0.25, 0.3) is 0 Å². The number of likely N-dealkylation sites (N-methyl/N-ethyl adjacent to an activating group) is 1. The Balaban J connectivity index is 1.70. The molecule has 1 heterocycles. The van der Waals surface area contributed by atoms with Crippen molar-refractivity contribution in [3.05, 3.63) is 12.7 Å². The molecule has 1 aliphatic carbocycles. The maximum absolute atomic E-state index is 12.2. The van der Waals surface area contributed by atoms with Gasteiger partial charge in [0.05, 0.1) is 6.54 Å². The zero-order valence-corrected chi connectivity index (χ0v) is 13.3. The minimum atomic E-state index is -0.792. The van der Waals surface area contributed by atoms with Crippen molar-refractivity contribution in [2.24, 2.45) is 5.92 Å². The van der Waals surface area contributed by atoms with Crippen molar-refractivity contribution < 1.29 is 14.7 Å². The van der Waals surface area contributed by atoms with E-state index in [1.807, 2.05) is 22.8 Å². The molecule has 1 saturated carbocycles. The van der Waals surface area contributed by atoms with Crippen LogP contribution in [0.2, 0.25) is 0 Å². The first-order valence-corrected chi connectivity index (χ1v) is 8.17. The molecule has 2 aliphatic rings. The number of hydrogen-bond donors (Lipinski definition) is 2. The van der Waals surface area contributed by atoms with Crippen LogP contribution in [0.15, 0.2) is 12.7 Å². The van der Waals surface area contributed by atoms with Gasteiger partial charge in [0, 0.05) is 25.2 Å². The number of allylic oxidation sites excluding steroid dienone is 1. The summed E-state index contributed by atoms with van der Waals surface area (Å²) in [4.78, 5) is 26.8. The summed E-state index contributed by atoms with van der Waals surface area (Å²) in [6, 6.07) is 0.475. The molecule has 0 radical (unpaired) electrons. The summed E-state index contributed by atoms with van der Waals surface area (Å²) in [5, 5.41) is 11.9. The van der Waals surface area contributed by atoms with Gasteiger partial charge in [-0.3, -0.25) is 9.69 Å². The number of nitrogens with one attached hydrogen (secondary N) is 1. The highest BCUT2D eigenvalue weighted by atomic mass is 16.4. The first-order chi connectivity index (χ1) is 10.5. The molecule has 0 unspecified atom stereocenters. The van der Waals surface area contributed by atoms with Crippen LogP contribution in [0.4, 0.5) is 4.79 Å². The molecule has 0 atom stereocenters. The van der Waals surface area contributed by atoms with Crippen LogP contribution in [0.1, 0.15) is 32.6 Å². The molecule has 2 rings (SSSR count). The van der Waals surface area contributed by atoms with E-state index in [9.17, 15) is 9.59 Å². The fourth-order valence-corrected chi connectivity index (χ4v) is 3.28. The van der Waals surface area contributed by atoms with Gasteiger partial charge in [-0.25, -0.2) is 4.79 Å². The number of amides is 2. The van der Waals surface area contributed by atoms with Gasteiger partial charge in [0.25, 0.3) is 0 Å². The third kappa shape index (κ3) is 4.22. The fourth-order valence-electron chi connectivity index (χ4n) is 3.28. The number of urea groups is 1. The smallest absolute Gasteiger partial charge is 0.317 e. The van der Waals surface area contributed by atoms with Gasteiger partial charge in [-0.2, -0.15) is 0 Å². The highest BCUT2D eigenvalue weighted by molar-refractivity contribution is 5.74. The van der Waals surface area contributed by atoms with Crippen molar-refractivity contribution in [3.63, 3.8) is 0 Å². The van der Waals surface area contributed by atoms with E-state index in [1.54, 1.807) is 0 Å². The molecule has 1 saturated heterocycles. The van der Waals surface area contributed by atoms with Crippen molar-refractivity contribution in [2.45, 2.75) is 44.7 Å². The quantitative estimate of drug-likeness (QED) is 0.730. The van der Waals surface area contributed by atoms with E-state index < -0.39 is 5.97 Å². The van der Waals surface area contributed by atoms with Crippen molar-refractivity contribution in [1.29, 1.82) is 0 Å². The predicted octanol–water partition coefficient (Wildman–Crippen LogP) is 1.53. The van der Waals surface area contributed by atoms with Crippen LogP contribution in [-0.4, -0.2) is 65.2 Å². The average molecular weight is 309 g/mol. The van der Waals surface area contributed by atoms with E-state index >= 15 is 0 Å². The van der Waals surface area contributed by atoms with Gasteiger partial charge in [0.1, 0.15) is 0 Å². The largest absolute Gasteiger partial charge is 0.480 e. The molecule has 6 heteroatoms. The van der Waals surface area contributed by atoms with Crippen molar-refractivity contribution in [2.75, 3.05) is 26.2 Å². The second-order valence-electron chi connectivity index (χ2n) is 6.29. The Morgan fingerprint density at radius 1 is 1.36 bits per heavy atom. The lowest BCUT2D eigenvalue weighted by Gasteiger charge is -2.43. The van der Waals surface area contributed by atoms with Crippen LogP contribution in [-0.2, 0) is 4.79 Å². The Kier molecular flexibility index (Phi) is 5.83. The number of hydrogen-bond acceptors (Lipinski definition) is 3. The number of carbonyl (C=O) groups is 2. The van der Waals surface area contributed by atoms with E-state index in [-0.39, 0.29) is 24.7 Å². The Labute approximate surface area is 132 Å². The first kappa shape index (κ1) is 16.8. The lowest BCUT2D eigenvalue weighted by molar-refractivity contribution is -0.139. The van der Waals surface area contributed by atoms with Crippen molar-refractivity contribution in [1.82, 2.24) is 15.1 Å². The second-order valence-corrected chi connectivity index (χ2v) is 6.29. The maximum Gasteiger partial charge on any atom is 0.317 e. The Bertz CT molecular complexity index is 413. The first-order valence-electron chi connectivity index (χ1n) is 8.17. The minimum absolute atomic E-state index is 0.0206. The zero-order valence-electron chi connectivity index (χ0n) is 13.3. The van der Waals surface area contributed by atoms with E-state index in [0.717, 1.165) is 45.3 Å². The Morgan fingerprint density at radius 2 is 2.00 bits per heavy atom. The van der Waals surface area contributed by atoms with E-state index in [4.69, 9.17) is 5.11 Å². The standard InChI is InChI=1S/C16H27N3O3/c1-3-12-5-7-19(8-6-12)16(22)17-13-9-14(10-13)18(4-2)11-15(20)21/h3,12-14H,1,4-11H2,2H3,(H,17,22)(H,20,21). The number of carboxylic acids is 1. The summed E-state index contributed by atoms with van der Waals surface area (Å²) in [5.41, 5.74) is 0. The zero-order chi connectivity index (χ0) is 16.1. The molecule has 124 valence electrons. The van der Waals surface area contributed by atoms with Gasteiger partial charge in [-0.05, 0) is 38.1 Å². The molecule has 0 aromatic carbocycles. The van der Waals surface area contributed by atoms with Crippen LogP contribution in [0.5, 0.6) is 0 Å². The number of rotatable bonds is 6. The summed E-state index contributed by atoms with van der Waals surface area (Å²) in [6.07, 6.45) is 5.65. The van der Waals surface area contributed by atoms with Gasteiger partial charge in [-0.1, -0.05) is 13.0 Å². The highest BCUT2D eigenvalue weighted by Gasteiger charge is 2.35. The number of nitrogens with zero attached hydrogens (tertiary/aromatic N) is 2. The number of aliphatic carboxylic acids is 1. The van der Waals surface area contributed by atoms with E-state index in [1.165, 1.54) is 0 Å². The summed E-state index contributed by atoms with van der Waals surface area (Å²) >= 11 is 0. The maximum atomic E-state index is 12.2. The molecule has 2 fully saturated rings.